The molecule has 1 fully saturated rings. The van der Waals surface area contributed by atoms with Crippen LogP contribution < -0.4 is 4.90 Å². The lowest BCUT2D eigenvalue weighted by molar-refractivity contribution is 0.281. The van der Waals surface area contributed by atoms with Crippen LogP contribution >= 0.6 is 11.6 Å². The van der Waals surface area contributed by atoms with Crippen molar-refractivity contribution < 1.29 is 5.11 Å². The molecule has 106 valence electrons. The fourth-order valence-corrected chi connectivity index (χ4v) is 2.94. The Labute approximate surface area is 120 Å². The maximum atomic E-state index is 9.06. The number of nitrogens with zero attached hydrogens (tertiary/aromatic N) is 3. The molecule has 1 aromatic heterocycles. The van der Waals surface area contributed by atoms with Crippen molar-refractivity contribution in [1.82, 2.24) is 9.88 Å². The summed E-state index contributed by atoms with van der Waals surface area (Å²) >= 11 is 6.24. The van der Waals surface area contributed by atoms with Gasteiger partial charge >= 0.3 is 0 Å². The Balaban J connectivity index is 1.97. The average molecular weight is 284 g/mol. The van der Waals surface area contributed by atoms with Gasteiger partial charge < -0.3 is 14.9 Å². The third-order valence-electron chi connectivity index (χ3n) is 3.60. The number of pyridine rings is 1. The Kier molecular flexibility index (Phi) is 5.02. The zero-order valence-corrected chi connectivity index (χ0v) is 12.4. The summed E-state index contributed by atoms with van der Waals surface area (Å²) in [5, 5.41) is 9.70. The van der Waals surface area contributed by atoms with E-state index < -0.39 is 0 Å². The number of anilines is 1. The topological polar surface area (TPSA) is 39.6 Å². The number of halogens is 1. The molecule has 4 nitrogen and oxygen atoms in total. The second-order valence-electron chi connectivity index (χ2n) is 5.50. The van der Waals surface area contributed by atoms with E-state index in [-0.39, 0.29) is 6.61 Å². The fourth-order valence-electron chi connectivity index (χ4n) is 2.63. The standard InChI is InChI=1S/C14H22ClN3O/c1-17(2)9-11-3-5-18(6-4-11)14-13(15)7-12(10-19)8-16-14/h7-8,11,19H,3-6,9-10H2,1-2H3. The Morgan fingerprint density at radius 2 is 2.11 bits per heavy atom. The van der Waals surface area contributed by atoms with Gasteiger partial charge in [-0.25, -0.2) is 4.98 Å². The van der Waals surface area contributed by atoms with Crippen molar-refractivity contribution in [2.75, 3.05) is 38.6 Å². The molecule has 0 bridgehead atoms. The van der Waals surface area contributed by atoms with Gasteiger partial charge in [0.2, 0.25) is 0 Å². The van der Waals surface area contributed by atoms with Gasteiger partial charge in [-0.2, -0.15) is 0 Å². The van der Waals surface area contributed by atoms with E-state index in [2.05, 4.69) is 28.9 Å². The summed E-state index contributed by atoms with van der Waals surface area (Å²) in [5.41, 5.74) is 0.760. The van der Waals surface area contributed by atoms with Crippen LogP contribution in [0.5, 0.6) is 0 Å². The van der Waals surface area contributed by atoms with Gasteiger partial charge in [0.1, 0.15) is 5.82 Å². The Morgan fingerprint density at radius 3 is 2.63 bits per heavy atom. The van der Waals surface area contributed by atoms with Crippen LogP contribution in [0.3, 0.4) is 0 Å². The first-order chi connectivity index (χ1) is 9.10. The van der Waals surface area contributed by atoms with Crippen molar-refractivity contribution in [1.29, 1.82) is 0 Å². The largest absolute Gasteiger partial charge is 0.392 e. The van der Waals surface area contributed by atoms with Crippen molar-refractivity contribution in [2.45, 2.75) is 19.4 Å². The molecule has 1 aromatic rings. The van der Waals surface area contributed by atoms with Gasteiger partial charge in [0.25, 0.3) is 0 Å². The van der Waals surface area contributed by atoms with E-state index >= 15 is 0 Å². The second-order valence-corrected chi connectivity index (χ2v) is 5.91. The molecule has 19 heavy (non-hydrogen) atoms. The van der Waals surface area contributed by atoms with Gasteiger partial charge in [-0.15, -0.1) is 0 Å². The van der Waals surface area contributed by atoms with E-state index in [9.17, 15) is 0 Å². The van der Waals surface area contributed by atoms with Crippen LogP contribution in [0.25, 0.3) is 0 Å². The van der Waals surface area contributed by atoms with Crippen molar-refractivity contribution >= 4 is 17.4 Å². The maximum Gasteiger partial charge on any atom is 0.147 e. The van der Waals surface area contributed by atoms with Crippen LogP contribution in [-0.4, -0.2) is 48.7 Å². The zero-order valence-electron chi connectivity index (χ0n) is 11.6. The molecular weight excluding hydrogens is 262 g/mol. The third-order valence-corrected chi connectivity index (χ3v) is 3.88. The van der Waals surface area contributed by atoms with E-state index in [1.165, 1.54) is 12.8 Å². The van der Waals surface area contributed by atoms with Gasteiger partial charge in [-0.3, -0.25) is 0 Å². The molecular formula is C14H22ClN3O. The third kappa shape index (κ3) is 3.81. The summed E-state index contributed by atoms with van der Waals surface area (Å²) in [5.74, 6) is 1.61. The van der Waals surface area contributed by atoms with Gasteiger partial charge in [-0.05, 0) is 44.5 Å². The molecule has 0 saturated carbocycles. The predicted octanol–water partition coefficient (Wildman–Crippen LogP) is 2.01. The SMILES string of the molecule is CN(C)CC1CCN(c2ncc(CO)cc2Cl)CC1. The minimum Gasteiger partial charge on any atom is -0.392 e. The van der Waals surface area contributed by atoms with Crippen molar-refractivity contribution in [3.8, 4) is 0 Å². The fraction of sp³-hybridized carbons (Fsp3) is 0.643. The number of rotatable bonds is 4. The molecule has 0 aromatic carbocycles. The monoisotopic (exact) mass is 283 g/mol. The first-order valence-electron chi connectivity index (χ1n) is 6.75. The summed E-state index contributed by atoms with van der Waals surface area (Å²) in [6.07, 6.45) is 4.06. The second kappa shape index (κ2) is 6.55. The normalized spacial score (nSPS) is 17.2. The molecule has 5 heteroatoms. The molecule has 0 unspecified atom stereocenters. The Morgan fingerprint density at radius 1 is 1.42 bits per heavy atom. The molecule has 0 atom stereocenters. The number of hydrogen-bond acceptors (Lipinski definition) is 4. The maximum absolute atomic E-state index is 9.06. The minimum absolute atomic E-state index is 0.0160. The molecule has 0 radical (unpaired) electrons. The zero-order chi connectivity index (χ0) is 13.8. The van der Waals surface area contributed by atoms with Gasteiger partial charge in [0, 0.05) is 25.8 Å². The highest BCUT2D eigenvalue weighted by Gasteiger charge is 2.22. The van der Waals surface area contributed by atoms with Crippen LogP contribution in [0.4, 0.5) is 5.82 Å². The van der Waals surface area contributed by atoms with Gasteiger partial charge in [0.05, 0.1) is 11.6 Å². The van der Waals surface area contributed by atoms with Crippen LogP contribution in [0, 0.1) is 5.92 Å². The molecule has 2 heterocycles. The van der Waals surface area contributed by atoms with Crippen LogP contribution in [-0.2, 0) is 6.61 Å². The molecule has 1 aliphatic rings. The van der Waals surface area contributed by atoms with Crippen LogP contribution in [0.15, 0.2) is 12.3 Å². The molecule has 0 spiro atoms. The summed E-state index contributed by atoms with van der Waals surface area (Å²) in [4.78, 5) is 8.88. The molecule has 2 rings (SSSR count). The van der Waals surface area contributed by atoms with Crippen molar-refractivity contribution in [2.24, 2.45) is 5.92 Å². The summed E-state index contributed by atoms with van der Waals surface area (Å²) in [6, 6.07) is 1.80. The lowest BCUT2D eigenvalue weighted by Gasteiger charge is -2.34. The molecule has 1 saturated heterocycles. The highest BCUT2D eigenvalue weighted by molar-refractivity contribution is 6.33. The van der Waals surface area contributed by atoms with E-state index in [0.717, 1.165) is 36.9 Å². The van der Waals surface area contributed by atoms with Gasteiger partial charge in [0.15, 0.2) is 0 Å². The van der Waals surface area contributed by atoms with Crippen LogP contribution in [0.2, 0.25) is 5.02 Å². The minimum atomic E-state index is -0.0160. The molecule has 1 aliphatic heterocycles. The number of aromatic nitrogens is 1. The summed E-state index contributed by atoms with van der Waals surface area (Å²) in [6.45, 7) is 3.14. The highest BCUT2D eigenvalue weighted by atomic mass is 35.5. The summed E-state index contributed by atoms with van der Waals surface area (Å²) in [7, 11) is 4.25. The van der Waals surface area contributed by atoms with E-state index in [0.29, 0.717) is 5.02 Å². The number of aliphatic hydroxyl groups is 1. The number of piperidine rings is 1. The molecule has 0 aliphatic carbocycles. The first kappa shape index (κ1) is 14.6. The van der Waals surface area contributed by atoms with E-state index in [4.69, 9.17) is 16.7 Å². The number of aliphatic hydroxyl groups excluding tert-OH is 1. The lowest BCUT2D eigenvalue weighted by Crippen LogP contribution is -2.37. The molecule has 1 N–H and O–H groups in total. The predicted molar refractivity (Wildman–Crippen MR) is 78.7 cm³/mol. The highest BCUT2D eigenvalue weighted by Crippen LogP contribution is 2.28. The molecule has 0 amide bonds. The lowest BCUT2D eigenvalue weighted by atomic mass is 9.96. The van der Waals surface area contributed by atoms with Crippen molar-refractivity contribution in [3.05, 3.63) is 22.8 Å². The van der Waals surface area contributed by atoms with Crippen molar-refractivity contribution in [3.63, 3.8) is 0 Å². The quantitative estimate of drug-likeness (QED) is 0.918. The van der Waals surface area contributed by atoms with E-state index in [1.54, 1.807) is 12.3 Å². The van der Waals surface area contributed by atoms with Gasteiger partial charge in [-0.1, -0.05) is 11.6 Å². The smallest absolute Gasteiger partial charge is 0.147 e. The Bertz CT molecular complexity index is 417. The average Bonchev–Trinajstić information content (AvgIpc) is 2.39. The summed E-state index contributed by atoms with van der Waals surface area (Å²) < 4.78 is 0. The van der Waals surface area contributed by atoms with E-state index in [1.807, 2.05) is 0 Å². The Hall–Kier alpha value is -0.840. The number of hydrogen-bond donors (Lipinski definition) is 1. The van der Waals surface area contributed by atoms with Crippen LogP contribution in [0.1, 0.15) is 18.4 Å². The first-order valence-corrected chi connectivity index (χ1v) is 7.13.